The summed E-state index contributed by atoms with van der Waals surface area (Å²) in [5.41, 5.74) is -0.0866. The van der Waals surface area contributed by atoms with Crippen molar-refractivity contribution in [3.05, 3.63) is 0 Å². The van der Waals surface area contributed by atoms with E-state index in [1.807, 2.05) is 0 Å². The van der Waals surface area contributed by atoms with E-state index in [4.69, 9.17) is 4.74 Å². The molecule has 0 aromatic rings. The molecule has 0 aliphatic heterocycles. The standard InChI is InChI=1S/C16H29NO/c1-4-15-6-5-8-16(12-15,13-17)9-11-18-10-7-14(2)3/h14-15H,4-12H2,1-3H3. The molecular weight excluding hydrogens is 222 g/mol. The predicted octanol–water partition coefficient (Wildman–Crippen LogP) is 4.55. The summed E-state index contributed by atoms with van der Waals surface area (Å²) in [6.45, 7) is 8.28. The molecule has 0 N–H and O–H groups in total. The van der Waals surface area contributed by atoms with Gasteiger partial charge in [-0.25, -0.2) is 0 Å². The SMILES string of the molecule is CCC1CCCC(C#N)(CCOCCC(C)C)C1. The lowest BCUT2D eigenvalue weighted by Gasteiger charge is -2.35. The van der Waals surface area contributed by atoms with Crippen molar-refractivity contribution >= 4 is 0 Å². The van der Waals surface area contributed by atoms with E-state index in [2.05, 4.69) is 26.8 Å². The minimum Gasteiger partial charge on any atom is -0.381 e. The highest BCUT2D eigenvalue weighted by molar-refractivity contribution is 5.01. The lowest BCUT2D eigenvalue weighted by Crippen LogP contribution is -2.28. The van der Waals surface area contributed by atoms with Gasteiger partial charge in [-0.1, -0.05) is 40.0 Å². The van der Waals surface area contributed by atoms with Gasteiger partial charge in [-0.05, 0) is 37.5 Å². The molecule has 2 heteroatoms. The number of nitriles is 1. The Hall–Kier alpha value is -0.550. The lowest BCUT2D eigenvalue weighted by molar-refractivity contribution is 0.0796. The van der Waals surface area contributed by atoms with Crippen LogP contribution in [0.2, 0.25) is 0 Å². The van der Waals surface area contributed by atoms with Gasteiger partial charge in [-0.2, -0.15) is 5.26 Å². The van der Waals surface area contributed by atoms with Crippen molar-refractivity contribution in [3.8, 4) is 6.07 Å². The van der Waals surface area contributed by atoms with Gasteiger partial charge in [0.2, 0.25) is 0 Å². The number of nitrogens with zero attached hydrogens (tertiary/aromatic N) is 1. The third-order valence-corrected chi connectivity index (χ3v) is 4.33. The second-order valence-electron chi connectivity index (χ2n) is 6.31. The molecule has 2 unspecified atom stereocenters. The molecule has 1 aliphatic rings. The molecule has 0 amide bonds. The zero-order valence-electron chi connectivity index (χ0n) is 12.4. The first-order valence-corrected chi connectivity index (χ1v) is 7.61. The Kier molecular flexibility index (Phi) is 6.71. The van der Waals surface area contributed by atoms with Crippen molar-refractivity contribution in [2.75, 3.05) is 13.2 Å². The fraction of sp³-hybridized carbons (Fsp3) is 0.938. The Bertz CT molecular complexity index is 269. The third kappa shape index (κ3) is 4.98. The Balaban J connectivity index is 2.30. The fourth-order valence-electron chi connectivity index (χ4n) is 2.91. The van der Waals surface area contributed by atoms with Gasteiger partial charge in [0.05, 0.1) is 11.5 Å². The van der Waals surface area contributed by atoms with Crippen LogP contribution in [0.5, 0.6) is 0 Å². The van der Waals surface area contributed by atoms with E-state index in [9.17, 15) is 5.26 Å². The van der Waals surface area contributed by atoms with Crippen LogP contribution in [-0.2, 0) is 4.74 Å². The van der Waals surface area contributed by atoms with E-state index in [0.717, 1.165) is 44.8 Å². The summed E-state index contributed by atoms with van der Waals surface area (Å²) in [6, 6.07) is 2.60. The third-order valence-electron chi connectivity index (χ3n) is 4.33. The fourth-order valence-corrected chi connectivity index (χ4v) is 2.91. The Labute approximate surface area is 113 Å². The minimum atomic E-state index is -0.0866. The van der Waals surface area contributed by atoms with E-state index in [1.54, 1.807) is 0 Å². The van der Waals surface area contributed by atoms with Crippen LogP contribution in [0.25, 0.3) is 0 Å². The van der Waals surface area contributed by atoms with Crippen LogP contribution in [0.1, 0.15) is 65.7 Å². The lowest BCUT2D eigenvalue weighted by atomic mass is 9.68. The molecule has 0 saturated heterocycles. The Morgan fingerprint density at radius 3 is 2.78 bits per heavy atom. The highest BCUT2D eigenvalue weighted by Crippen LogP contribution is 2.42. The molecule has 1 aliphatic carbocycles. The van der Waals surface area contributed by atoms with Crippen LogP contribution < -0.4 is 0 Å². The molecular formula is C16H29NO. The molecule has 1 rings (SSSR count). The second kappa shape index (κ2) is 7.79. The van der Waals surface area contributed by atoms with Crippen molar-refractivity contribution in [3.63, 3.8) is 0 Å². The first-order valence-electron chi connectivity index (χ1n) is 7.61. The van der Waals surface area contributed by atoms with E-state index in [0.29, 0.717) is 5.92 Å². The average molecular weight is 251 g/mol. The average Bonchev–Trinajstić information content (AvgIpc) is 2.38. The van der Waals surface area contributed by atoms with Crippen LogP contribution in [0, 0.1) is 28.6 Å². The summed E-state index contributed by atoms with van der Waals surface area (Å²) < 4.78 is 5.69. The van der Waals surface area contributed by atoms with Gasteiger partial charge in [-0.15, -0.1) is 0 Å². The van der Waals surface area contributed by atoms with Crippen LogP contribution in [0.15, 0.2) is 0 Å². The first-order chi connectivity index (χ1) is 8.62. The monoisotopic (exact) mass is 251 g/mol. The van der Waals surface area contributed by atoms with Crippen LogP contribution in [0.3, 0.4) is 0 Å². The Morgan fingerprint density at radius 1 is 1.39 bits per heavy atom. The summed E-state index contributed by atoms with van der Waals surface area (Å²) in [7, 11) is 0. The molecule has 2 atom stereocenters. The zero-order valence-corrected chi connectivity index (χ0v) is 12.4. The number of hydrogen-bond donors (Lipinski definition) is 0. The second-order valence-corrected chi connectivity index (χ2v) is 6.31. The van der Waals surface area contributed by atoms with Gasteiger partial charge in [0, 0.05) is 13.2 Å². The Morgan fingerprint density at radius 2 is 2.17 bits per heavy atom. The van der Waals surface area contributed by atoms with Crippen molar-refractivity contribution in [2.45, 2.75) is 65.7 Å². The summed E-state index contributed by atoms with van der Waals surface area (Å²) in [5.74, 6) is 1.46. The predicted molar refractivity (Wildman–Crippen MR) is 75.2 cm³/mol. The first kappa shape index (κ1) is 15.5. The minimum absolute atomic E-state index is 0.0866. The highest BCUT2D eigenvalue weighted by atomic mass is 16.5. The molecule has 0 aromatic carbocycles. The molecule has 1 fully saturated rings. The number of ether oxygens (including phenoxy) is 1. The maximum atomic E-state index is 9.49. The summed E-state index contributed by atoms with van der Waals surface area (Å²) in [6.07, 6.45) is 7.97. The van der Waals surface area contributed by atoms with Gasteiger partial charge < -0.3 is 4.74 Å². The summed E-state index contributed by atoms with van der Waals surface area (Å²) in [4.78, 5) is 0. The van der Waals surface area contributed by atoms with Gasteiger partial charge in [-0.3, -0.25) is 0 Å². The van der Waals surface area contributed by atoms with Crippen molar-refractivity contribution < 1.29 is 4.74 Å². The molecule has 2 nitrogen and oxygen atoms in total. The maximum Gasteiger partial charge on any atom is 0.0690 e. The molecule has 0 bridgehead atoms. The molecule has 0 aromatic heterocycles. The normalized spacial score (nSPS) is 28.3. The van der Waals surface area contributed by atoms with E-state index >= 15 is 0 Å². The number of rotatable bonds is 7. The van der Waals surface area contributed by atoms with E-state index in [-0.39, 0.29) is 5.41 Å². The number of hydrogen-bond acceptors (Lipinski definition) is 2. The summed E-state index contributed by atoms with van der Waals surface area (Å²) in [5, 5.41) is 9.49. The van der Waals surface area contributed by atoms with Gasteiger partial charge in [0.25, 0.3) is 0 Å². The van der Waals surface area contributed by atoms with E-state index < -0.39 is 0 Å². The maximum absolute atomic E-state index is 9.49. The van der Waals surface area contributed by atoms with Crippen molar-refractivity contribution in [1.29, 1.82) is 5.26 Å². The topological polar surface area (TPSA) is 33.0 Å². The van der Waals surface area contributed by atoms with Crippen LogP contribution in [0.4, 0.5) is 0 Å². The molecule has 18 heavy (non-hydrogen) atoms. The van der Waals surface area contributed by atoms with Crippen LogP contribution in [-0.4, -0.2) is 13.2 Å². The molecule has 0 spiro atoms. The van der Waals surface area contributed by atoms with Gasteiger partial charge >= 0.3 is 0 Å². The van der Waals surface area contributed by atoms with Gasteiger partial charge in [0.15, 0.2) is 0 Å². The molecule has 104 valence electrons. The molecule has 1 saturated carbocycles. The van der Waals surface area contributed by atoms with E-state index in [1.165, 1.54) is 19.3 Å². The molecule has 0 heterocycles. The van der Waals surface area contributed by atoms with Crippen molar-refractivity contribution in [1.82, 2.24) is 0 Å². The summed E-state index contributed by atoms with van der Waals surface area (Å²) >= 11 is 0. The smallest absolute Gasteiger partial charge is 0.0690 e. The van der Waals surface area contributed by atoms with Gasteiger partial charge in [0.1, 0.15) is 0 Å². The highest BCUT2D eigenvalue weighted by Gasteiger charge is 2.35. The molecule has 0 radical (unpaired) electrons. The van der Waals surface area contributed by atoms with Crippen LogP contribution >= 0.6 is 0 Å². The quantitative estimate of drug-likeness (QED) is 0.622. The largest absolute Gasteiger partial charge is 0.381 e. The van der Waals surface area contributed by atoms with Crippen molar-refractivity contribution in [2.24, 2.45) is 17.3 Å². The zero-order chi connectivity index (χ0) is 13.4.